The van der Waals surface area contributed by atoms with Crippen molar-refractivity contribution < 1.29 is 10.2 Å². The van der Waals surface area contributed by atoms with E-state index < -0.39 is 5.54 Å². The number of aliphatic hydroxyl groups is 2. The van der Waals surface area contributed by atoms with E-state index in [1.807, 2.05) is 19.9 Å². The molecule has 0 radical (unpaired) electrons. The summed E-state index contributed by atoms with van der Waals surface area (Å²) >= 11 is 0. The van der Waals surface area contributed by atoms with Gasteiger partial charge < -0.3 is 20.8 Å². The Bertz CT molecular complexity index is 437. The van der Waals surface area contributed by atoms with Gasteiger partial charge in [-0.2, -0.15) is 0 Å². The van der Waals surface area contributed by atoms with Crippen LogP contribution in [0.2, 0.25) is 0 Å². The minimum absolute atomic E-state index is 0.140. The van der Waals surface area contributed by atoms with Gasteiger partial charge in [-0.3, -0.25) is 0 Å². The molecule has 0 aromatic carbocycles. The minimum atomic E-state index is -0.737. The van der Waals surface area contributed by atoms with E-state index in [1.54, 1.807) is 0 Å². The summed E-state index contributed by atoms with van der Waals surface area (Å²) in [6, 6.07) is 1.82. The predicted octanol–water partition coefficient (Wildman–Crippen LogP) is 1.33. The average Bonchev–Trinajstić information content (AvgIpc) is 3.30. The zero-order chi connectivity index (χ0) is 14.6. The molecule has 4 N–H and O–H groups in total. The Morgan fingerprint density at radius 3 is 2.35 bits per heavy atom. The average molecular weight is 280 g/mol. The maximum Gasteiger partial charge on any atom is 0.136 e. The summed E-state index contributed by atoms with van der Waals surface area (Å²) in [5, 5.41) is 25.4. The van der Waals surface area contributed by atoms with Crippen molar-refractivity contribution >= 4 is 11.6 Å². The lowest BCUT2D eigenvalue weighted by Crippen LogP contribution is -2.45. The molecule has 0 saturated heterocycles. The first-order chi connectivity index (χ1) is 9.66. The molecule has 1 saturated carbocycles. The molecule has 0 spiro atoms. The van der Waals surface area contributed by atoms with E-state index in [-0.39, 0.29) is 13.2 Å². The molecule has 1 fully saturated rings. The van der Waals surface area contributed by atoms with Gasteiger partial charge in [0.15, 0.2) is 0 Å². The zero-order valence-corrected chi connectivity index (χ0v) is 12.2. The molecule has 0 aliphatic heterocycles. The smallest absolute Gasteiger partial charge is 0.136 e. The van der Waals surface area contributed by atoms with E-state index in [9.17, 15) is 10.2 Å². The van der Waals surface area contributed by atoms with E-state index in [0.717, 1.165) is 31.0 Å². The number of rotatable bonds is 8. The topological polar surface area (TPSA) is 90.3 Å². The summed E-state index contributed by atoms with van der Waals surface area (Å²) in [4.78, 5) is 9.03. The van der Waals surface area contributed by atoms with Gasteiger partial charge in [0.05, 0.1) is 18.8 Å². The van der Waals surface area contributed by atoms with Gasteiger partial charge in [0, 0.05) is 18.5 Å². The maximum absolute atomic E-state index is 9.52. The van der Waals surface area contributed by atoms with Gasteiger partial charge in [-0.15, -0.1) is 0 Å². The molecular weight excluding hydrogens is 256 g/mol. The number of aromatic nitrogens is 2. The van der Waals surface area contributed by atoms with Crippen LogP contribution in [0.15, 0.2) is 6.07 Å². The maximum atomic E-state index is 9.52. The van der Waals surface area contributed by atoms with Crippen LogP contribution in [0.4, 0.5) is 11.6 Å². The highest BCUT2D eigenvalue weighted by Crippen LogP contribution is 2.39. The van der Waals surface area contributed by atoms with Gasteiger partial charge in [0.1, 0.15) is 17.5 Å². The van der Waals surface area contributed by atoms with Crippen molar-refractivity contribution in [2.24, 2.45) is 0 Å². The number of anilines is 2. The Morgan fingerprint density at radius 2 is 1.85 bits per heavy atom. The summed E-state index contributed by atoms with van der Waals surface area (Å²) in [6.07, 6.45) is 2.88. The van der Waals surface area contributed by atoms with E-state index in [2.05, 4.69) is 20.6 Å². The Morgan fingerprint density at radius 1 is 1.20 bits per heavy atom. The lowest BCUT2D eigenvalue weighted by atomic mass is 9.98. The fourth-order valence-corrected chi connectivity index (χ4v) is 2.04. The van der Waals surface area contributed by atoms with Crippen LogP contribution in [-0.2, 0) is 0 Å². The molecular formula is C14H24N4O2. The third-order valence-electron chi connectivity index (χ3n) is 3.72. The van der Waals surface area contributed by atoms with Crippen molar-refractivity contribution in [1.29, 1.82) is 0 Å². The molecule has 112 valence electrons. The quantitative estimate of drug-likeness (QED) is 0.574. The molecule has 1 aromatic rings. The van der Waals surface area contributed by atoms with Crippen LogP contribution in [0, 0.1) is 0 Å². The number of aliphatic hydroxyl groups excluding tert-OH is 2. The Balaban J connectivity index is 2.25. The highest BCUT2D eigenvalue weighted by atomic mass is 16.3. The largest absolute Gasteiger partial charge is 0.394 e. The van der Waals surface area contributed by atoms with Crippen LogP contribution < -0.4 is 10.6 Å². The highest BCUT2D eigenvalue weighted by Gasteiger charge is 2.30. The summed E-state index contributed by atoms with van der Waals surface area (Å²) < 4.78 is 0. The summed E-state index contributed by atoms with van der Waals surface area (Å²) in [5.41, 5.74) is -0.737. The molecule has 6 heteroatoms. The number of nitrogens with one attached hydrogen (secondary N) is 2. The minimum Gasteiger partial charge on any atom is -0.394 e. The standard InChI is InChI=1S/C14H24N4O2/c1-3-14(8-19,9-20)18-12-7-11(15-4-2)16-13(17-12)10-5-6-10/h7,10,19-20H,3-6,8-9H2,1-2H3,(H2,15,16,17,18). The molecule has 1 aliphatic rings. The van der Waals surface area contributed by atoms with Gasteiger partial charge >= 0.3 is 0 Å². The second-order valence-corrected chi connectivity index (χ2v) is 5.38. The molecule has 0 atom stereocenters. The van der Waals surface area contributed by atoms with Crippen molar-refractivity contribution in [1.82, 2.24) is 9.97 Å². The van der Waals surface area contributed by atoms with Crippen LogP contribution >= 0.6 is 0 Å². The van der Waals surface area contributed by atoms with Crippen molar-refractivity contribution in [2.75, 3.05) is 30.4 Å². The number of hydrogen-bond donors (Lipinski definition) is 4. The van der Waals surface area contributed by atoms with E-state index in [4.69, 9.17) is 0 Å². The van der Waals surface area contributed by atoms with Crippen LogP contribution in [0.25, 0.3) is 0 Å². The second-order valence-electron chi connectivity index (χ2n) is 5.38. The molecule has 1 heterocycles. The fourth-order valence-electron chi connectivity index (χ4n) is 2.04. The van der Waals surface area contributed by atoms with Crippen LogP contribution in [0.5, 0.6) is 0 Å². The first-order valence-electron chi connectivity index (χ1n) is 7.29. The van der Waals surface area contributed by atoms with Gasteiger partial charge in [0.25, 0.3) is 0 Å². The molecule has 0 amide bonds. The first-order valence-corrected chi connectivity index (χ1v) is 7.29. The molecule has 20 heavy (non-hydrogen) atoms. The summed E-state index contributed by atoms with van der Waals surface area (Å²) in [5.74, 6) is 2.73. The van der Waals surface area contributed by atoms with E-state index in [0.29, 0.717) is 18.2 Å². The van der Waals surface area contributed by atoms with Gasteiger partial charge in [-0.05, 0) is 26.2 Å². The molecule has 1 aliphatic carbocycles. The first kappa shape index (κ1) is 15.0. The van der Waals surface area contributed by atoms with Crippen LogP contribution in [0.3, 0.4) is 0 Å². The second kappa shape index (κ2) is 6.37. The molecule has 0 bridgehead atoms. The van der Waals surface area contributed by atoms with Gasteiger partial charge in [-0.25, -0.2) is 9.97 Å². The lowest BCUT2D eigenvalue weighted by Gasteiger charge is -2.30. The molecule has 0 unspecified atom stereocenters. The normalized spacial score (nSPS) is 15.2. The highest BCUT2D eigenvalue weighted by molar-refractivity contribution is 5.49. The third-order valence-corrected chi connectivity index (χ3v) is 3.72. The summed E-state index contributed by atoms with van der Waals surface area (Å²) in [6.45, 7) is 4.45. The molecule has 1 aromatic heterocycles. The van der Waals surface area contributed by atoms with Crippen molar-refractivity contribution in [2.45, 2.75) is 44.6 Å². The van der Waals surface area contributed by atoms with Gasteiger partial charge in [0.2, 0.25) is 0 Å². The van der Waals surface area contributed by atoms with E-state index >= 15 is 0 Å². The molecule has 6 nitrogen and oxygen atoms in total. The fraction of sp³-hybridized carbons (Fsp3) is 0.714. The van der Waals surface area contributed by atoms with Crippen molar-refractivity contribution in [3.05, 3.63) is 11.9 Å². The number of nitrogens with zero attached hydrogens (tertiary/aromatic N) is 2. The Labute approximate surface area is 119 Å². The monoisotopic (exact) mass is 280 g/mol. The van der Waals surface area contributed by atoms with E-state index in [1.165, 1.54) is 0 Å². The van der Waals surface area contributed by atoms with Crippen LogP contribution in [0.1, 0.15) is 44.9 Å². The lowest BCUT2D eigenvalue weighted by molar-refractivity contribution is 0.132. The van der Waals surface area contributed by atoms with Crippen LogP contribution in [-0.4, -0.2) is 45.5 Å². The zero-order valence-electron chi connectivity index (χ0n) is 12.2. The van der Waals surface area contributed by atoms with Gasteiger partial charge in [-0.1, -0.05) is 6.92 Å². The third kappa shape index (κ3) is 3.37. The van der Waals surface area contributed by atoms with Crippen molar-refractivity contribution in [3.63, 3.8) is 0 Å². The molecule has 2 rings (SSSR count). The Kier molecular flexibility index (Phi) is 4.77. The Hall–Kier alpha value is -1.40. The number of hydrogen-bond acceptors (Lipinski definition) is 6. The SMILES string of the molecule is CCNc1cc(NC(CC)(CO)CO)nc(C2CC2)n1. The predicted molar refractivity (Wildman–Crippen MR) is 79.0 cm³/mol. The summed E-state index contributed by atoms with van der Waals surface area (Å²) in [7, 11) is 0. The van der Waals surface area contributed by atoms with Crippen molar-refractivity contribution in [3.8, 4) is 0 Å².